The monoisotopic (exact) mass is 267 g/mol. The van der Waals surface area contributed by atoms with Crippen LogP contribution in [0.2, 0.25) is 5.02 Å². The lowest BCUT2D eigenvalue weighted by molar-refractivity contribution is 0.151. The van der Waals surface area contributed by atoms with Gasteiger partial charge in [-0.2, -0.15) is 0 Å². The van der Waals surface area contributed by atoms with Crippen molar-refractivity contribution in [3.63, 3.8) is 0 Å². The average molecular weight is 268 g/mol. The van der Waals surface area contributed by atoms with Gasteiger partial charge in [-0.1, -0.05) is 37.1 Å². The van der Waals surface area contributed by atoms with Crippen LogP contribution in [0.1, 0.15) is 31.4 Å². The molecule has 4 heteroatoms. The molecule has 1 aliphatic rings. The molecule has 0 saturated carbocycles. The third-order valence-corrected chi connectivity index (χ3v) is 3.08. The quantitative estimate of drug-likeness (QED) is 0.737. The van der Waals surface area contributed by atoms with Gasteiger partial charge in [-0.15, -0.1) is 0 Å². The van der Waals surface area contributed by atoms with E-state index in [1.807, 2.05) is 24.3 Å². The molecule has 0 bridgehead atoms. The van der Waals surface area contributed by atoms with E-state index in [4.69, 9.17) is 21.1 Å². The number of hydrogen-bond donors (Lipinski definition) is 0. The lowest BCUT2D eigenvalue weighted by Gasteiger charge is -2.04. The van der Waals surface area contributed by atoms with Crippen molar-refractivity contribution in [3.8, 4) is 0 Å². The molecule has 1 atom stereocenters. The first kappa shape index (κ1) is 13.4. The Morgan fingerprint density at radius 1 is 1.39 bits per heavy atom. The van der Waals surface area contributed by atoms with Gasteiger partial charge in [0.05, 0.1) is 0 Å². The van der Waals surface area contributed by atoms with Crippen LogP contribution >= 0.6 is 11.6 Å². The Morgan fingerprint density at radius 3 is 2.89 bits per heavy atom. The van der Waals surface area contributed by atoms with Crippen LogP contribution in [0.5, 0.6) is 0 Å². The van der Waals surface area contributed by atoms with Gasteiger partial charge in [0.2, 0.25) is 5.90 Å². The van der Waals surface area contributed by atoms with Gasteiger partial charge in [-0.25, -0.2) is 4.99 Å². The number of benzene rings is 1. The van der Waals surface area contributed by atoms with Crippen LogP contribution in [-0.2, 0) is 9.47 Å². The summed E-state index contributed by atoms with van der Waals surface area (Å²) < 4.78 is 11.0. The van der Waals surface area contributed by atoms with Crippen molar-refractivity contribution >= 4 is 17.5 Å². The van der Waals surface area contributed by atoms with Gasteiger partial charge < -0.3 is 9.47 Å². The molecule has 3 nitrogen and oxygen atoms in total. The maximum atomic E-state index is 5.86. The molecule has 0 spiro atoms. The van der Waals surface area contributed by atoms with Gasteiger partial charge in [-0.05, 0) is 24.1 Å². The largest absolute Gasteiger partial charge is 0.477 e. The van der Waals surface area contributed by atoms with E-state index in [1.54, 1.807) is 0 Å². The lowest BCUT2D eigenvalue weighted by atomic mass is 10.1. The Morgan fingerprint density at radius 2 is 2.17 bits per heavy atom. The summed E-state index contributed by atoms with van der Waals surface area (Å²) in [6, 6.07) is 7.80. The van der Waals surface area contributed by atoms with Crippen LogP contribution in [0.25, 0.3) is 0 Å². The fourth-order valence-electron chi connectivity index (χ4n) is 1.76. The summed E-state index contributed by atoms with van der Waals surface area (Å²) in [4.78, 5) is 4.51. The first-order valence-corrected chi connectivity index (χ1v) is 6.70. The second-order valence-corrected chi connectivity index (χ2v) is 4.74. The normalized spacial score (nSPS) is 18.6. The number of unbranched alkanes of at least 4 members (excludes halogenated alkanes) is 1. The van der Waals surface area contributed by atoms with E-state index in [1.165, 1.54) is 0 Å². The van der Waals surface area contributed by atoms with E-state index in [9.17, 15) is 0 Å². The Kier molecular flexibility index (Phi) is 5.02. The number of halogens is 1. The Bertz CT molecular complexity index is 403. The van der Waals surface area contributed by atoms with Gasteiger partial charge in [0.1, 0.15) is 19.3 Å². The van der Waals surface area contributed by atoms with E-state index in [0.29, 0.717) is 19.1 Å². The molecule has 0 aliphatic carbocycles. The molecule has 0 amide bonds. The maximum absolute atomic E-state index is 5.86. The zero-order valence-corrected chi connectivity index (χ0v) is 11.3. The van der Waals surface area contributed by atoms with Gasteiger partial charge in [0.25, 0.3) is 0 Å². The predicted octanol–water partition coefficient (Wildman–Crippen LogP) is 3.63. The van der Waals surface area contributed by atoms with E-state index in [0.717, 1.165) is 30.0 Å². The molecule has 98 valence electrons. The zero-order chi connectivity index (χ0) is 12.8. The third kappa shape index (κ3) is 3.72. The van der Waals surface area contributed by atoms with E-state index >= 15 is 0 Å². The van der Waals surface area contributed by atoms with Crippen molar-refractivity contribution in [2.75, 3.05) is 19.8 Å². The van der Waals surface area contributed by atoms with Crippen molar-refractivity contribution in [1.82, 2.24) is 0 Å². The van der Waals surface area contributed by atoms with Gasteiger partial charge in [0, 0.05) is 11.6 Å². The summed E-state index contributed by atoms with van der Waals surface area (Å²) in [7, 11) is 0. The van der Waals surface area contributed by atoms with E-state index in [-0.39, 0.29) is 6.04 Å². The minimum absolute atomic E-state index is 0.0760. The molecule has 1 aromatic rings. The number of nitrogens with zero attached hydrogens (tertiary/aromatic N) is 1. The lowest BCUT2D eigenvalue weighted by Crippen LogP contribution is -2.09. The van der Waals surface area contributed by atoms with Crippen LogP contribution < -0.4 is 0 Å². The molecule has 1 heterocycles. The molecule has 0 fully saturated rings. The summed E-state index contributed by atoms with van der Waals surface area (Å²) in [5, 5.41) is 0.741. The van der Waals surface area contributed by atoms with Crippen LogP contribution in [0.15, 0.2) is 29.3 Å². The fourth-order valence-corrected chi connectivity index (χ4v) is 1.89. The molecule has 1 unspecified atom stereocenters. The van der Waals surface area contributed by atoms with Crippen molar-refractivity contribution < 1.29 is 9.47 Å². The summed E-state index contributed by atoms with van der Waals surface area (Å²) in [5.74, 6) is 0.700. The summed E-state index contributed by atoms with van der Waals surface area (Å²) in [6.07, 6.45) is 2.22. The van der Waals surface area contributed by atoms with Crippen LogP contribution in [-0.4, -0.2) is 25.7 Å². The smallest absolute Gasteiger partial charge is 0.210 e. The first-order chi connectivity index (χ1) is 8.79. The molecule has 0 radical (unpaired) electrons. The molecule has 1 aromatic carbocycles. The summed E-state index contributed by atoms with van der Waals surface area (Å²) in [6.45, 7) is 3.98. The van der Waals surface area contributed by atoms with Gasteiger partial charge in [0.15, 0.2) is 0 Å². The SMILES string of the molecule is CCCCOCC1=NC(c2ccc(Cl)cc2)CO1. The van der Waals surface area contributed by atoms with Crippen LogP contribution in [0.3, 0.4) is 0 Å². The number of ether oxygens (including phenoxy) is 2. The Labute approximate surface area is 113 Å². The van der Waals surface area contributed by atoms with Gasteiger partial charge >= 0.3 is 0 Å². The second-order valence-electron chi connectivity index (χ2n) is 4.31. The highest BCUT2D eigenvalue weighted by atomic mass is 35.5. The van der Waals surface area contributed by atoms with E-state index in [2.05, 4.69) is 11.9 Å². The van der Waals surface area contributed by atoms with Gasteiger partial charge in [-0.3, -0.25) is 0 Å². The molecular formula is C14H18ClNO2. The molecule has 18 heavy (non-hydrogen) atoms. The standard InChI is InChI=1S/C14H18ClNO2/c1-2-3-8-17-10-14-16-13(9-18-14)11-4-6-12(15)7-5-11/h4-7,13H,2-3,8-10H2,1H3. The minimum Gasteiger partial charge on any atom is -0.477 e. The molecule has 1 aliphatic heterocycles. The Balaban J connectivity index is 1.85. The minimum atomic E-state index is 0.0760. The summed E-state index contributed by atoms with van der Waals surface area (Å²) >= 11 is 5.86. The van der Waals surface area contributed by atoms with E-state index < -0.39 is 0 Å². The third-order valence-electron chi connectivity index (χ3n) is 2.83. The molecule has 2 rings (SSSR count). The topological polar surface area (TPSA) is 30.8 Å². The summed E-state index contributed by atoms with van der Waals surface area (Å²) in [5.41, 5.74) is 1.13. The van der Waals surface area contributed by atoms with Crippen molar-refractivity contribution in [1.29, 1.82) is 0 Å². The number of rotatable bonds is 6. The Hall–Kier alpha value is -1.06. The average Bonchev–Trinajstić information content (AvgIpc) is 2.84. The predicted molar refractivity (Wildman–Crippen MR) is 73.3 cm³/mol. The molecule has 0 aromatic heterocycles. The van der Waals surface area contributed by atoms with Crippen molar-refractivity contribution in [2.45, 2.75) is 25.8 Å². The van der Waals surface area contributed by atoms with Crippen LogP contribution in [0.4, 0.5) is 0 Å². The van der Waals surface area contributed by atoms with Crippen molar-refractivity contribution in [3.05, 3.63) is 34.9 Å². The van der Waals surface area contributed by atoms with Crippen molar-refractivity contribution in [2.24, 2.45) is 4.99 Å². The number of hydrogen-bond acceptors (Lipinski definition) is 3. The molecule has 0 saturated heterocycles. The molecule has 0 N–H and O–H groups in total. The first-order valence-electron chi connectivity index (χ1n) is 6.32. The molecular weight excluding hydrogens is 250 g/mol. The van der Waals surface area contributed by atoms with Crippen LogP contribution in [0, 0.1) is 0 Å². The highest BCUT2D eigenvalue weighted by molar-refractivity contribution is 6.30. The highest BCUT2D eigenvalue weighted by Crippen LogP contribution is 2.24. The fraction of sp³-hybridized carbons (Fsp3) is 0.500. The maximum Gasteiger partial charge on any atom is 0.210 e. The number of aliphatic imine (C=N–C) groups is 1. The second kappa shape index (κ2) is 6.76. The highest BCUT2D eigenvalue weighted by Gasteiger charge is 2.20. The zero-order valence-electron chi connectivity index (χ0n) is 10.6.